The minimum absolute atomic E-state index is 0.0271. The number of para-hydroxylation sites is 1. The number of halogens is 1. The van der Waals surface area contributed by atoms with Crippen LogP contribution >= 0.6 is 15.9 Å². The molecule has 0 unspecified atom stereocenters. The van der Waals surface area contributed by atoms with Crippen molar-refractivity contribution in [2.24, 2.45) is 0 Å². The predicted molar refractivity (Wildman–Crippen MR) is 73.6 cm³/mol. The topological polar surface area (TPSA) is 49.4 Å². The van der Waals surface area contributed by atoms with Crippen LogP contribution in [-0.2, 0) is 9.59 Å². The normalized spacial score (nSPS) is 18.7. The molecule has 1 N–H and O–H groups in total. The molecule has 1 aromatic rings. The van der Waals surface area contributed by atoms with E-state index in [1.54, 1.807) is 4.90 Å². The number of anilines is 1. The molecule has 4 nitrogen and oxygen atoms in total. The maximum Gasteiger partial charge on any atom is 0.247 e. The number of carbonyl (C=O) groups excluding carboxylic acids is 2. The summed E-state index contributed by atoms with van der Waals surface area (Å²) in [6.07, 6.45) is 1.61. The van der Waals surface area contributed by atoms with Gasteiger partial charge in [-0.3, -0.25) is 9.59 Å². The Labute approximate surface area is 114 Å². The van der Waals surface area contributed by atoms with Gasteiger partial charge in [0.05, 0.1) is 5.33 Å². The van der Waals surface area contributed by atoms with Gasteiger partial charge in [0, 0.05) is 12.2 Å². The minimum atomic E-state index is -0.338. The molecule has 0 bridgehead atoms. The number of benzene rings is 1. The van der Waals surface area contributed by atoms with Gasteiger partial charge >= 0.3 is 0 Å². The van der Waals surface area contributed by atoms with E-state index in [0.717, 1.165) is 18.5 Å². The zero-order valence-electron chi connectivity index (χ0n) is 9.93. The molecule has 1 atom stereocenters. The fourth-order valence-electron chi connectivity index (χ4n) is 2.16. The maximum absolute atomic E-state index is 12.1. The van der Waals surface area contributed by atoms with Gasteiger partial charge in [0.25, 0.3) is 0 Å². The summed E-state index contributed by atoms with van der Waals surface area (Å²) in [5.74, 6) is -0.131. The SMILES string of the molecule is O=C(Nc1ccccc1)[C@@H]1CCCN1C(=O)CBr. The van der Waals surface area contributed by atoms with E-state index in [0.29, 0.717) is 6.54 Å². The molecule has 5 heteroatoms. The van der Waals surface area contributed by atoms with Crippen molar-refractivity contribution in [3.63, 3.8) is 0 Å². The van der Waals surface area contributed by atoms with Gasteiger partial charge in [-0.1, -0.05) is 34.1 Å². The number of likely N-dealkylation sites (tertiary alicyclic amines) is 1. The Hall–Kier alpha value is -1.36. The molecule has 1 aromatic carbocycles. The van der Waals surface area contributed by atoms with E-state index in [4.69, 9.17) is 0 Å². The van der Waals surface area contributed by atoms with Crippen molar-refractivity contribution in [1.82, 2.24) is 4.90 Å². The Morgan fingerprint density at radius 1 is 1.33 bits per heavy atom. The highest BCUT2D eigenvalue weighted by atomic mass is 79.9. The van der Waals surface area contributed by atoms with Crippen LogP contribution in [0.15, 0.2) is 30.3 Å². The molecule has 18 heavy (non-hydrogen) atoms. The first-order chi connectivity index (χ1) is 8.72. The first-order valence-corrected chi connectivity index (χ1v) is 7.06. The van der Waals surface area contributed by atoms with Crippen molar-refractivity contribution in [3.05, 3.63) is 30.3 Å². The number of nitrogens with one attached hydrogen (secondary N) is 1. The van der Waals surface area contributed by atoms with Gasteiger partial charge in [-0.05, 0) is 25.0 Å². The molecule has 1 heterocycles. The summed E-state index contributed by atoms with van der Waals surface area (Å²) < 4.78 is 0. The molecule has 96 valence electrons. The van der Waals surface area contributed by atoms with Gasteiger partial charge in [0.1, 0.15) is 6.04 Å². The minimum Gasteiger partial charge on any atom is -0.330 e. The monoisotopic (exact) mass is 310 g/mol. The summed E-state index contributed by atoms with van der Waals surface area (Å²) in [7, 11) is 0. The third kappa shape index (κ3) is 2.90. The van der Waals surface area contributed by atoms with Crippen LogP contribution in [0.5, 0.6) is 0 Å². The van der Waals surface area contributed by atoms with Crippen LogP contribution in [0.25, 0.3) is 0 Å². The van der Waals surface area contributed by atoms with E-state index in [-0.39, 0.29) is 23.2 Å². The summed E-state index contributed by atoms with van der Waals surface area (Å²) in [5, 5.41) is 3.11. The molecule has 1 fully saturated rings. The van der Waals surface area contributed by atoms with Crippen molar-refractivity contribution in [3.8, 4) is 0 Å². The highest BCUT2D eigenvalue weighted by molar-refractivity contribution is 9.09. The summed E-state index contributed by atoms with van der Waals surface area (Å²) in [4.78, 5) is 25.5. The van der Waals surface area contributed by atoms with Crippen LogP contribution in [0.2, 0.25) is 0 Å². The lowest BCUT2D eigenvalue weighted by atomic mass is 10.2. The van der Waals surface area contributed by atoms with Crippen molar-refractivity contribution >= 4 is 33.4 Å². The van der Waals surface area contributed by atoms with E-state index in [1.165, 1.54) is 0 Å². The number of hydrogen-bond donors (Lipinski definition) is 1. The number of alkyl halides is 1. The van der Waals surface area contributed by atoms with Crippen LogP contribution < -0.4 is 5.32 Å². The highest BCUT2D eigenvalue weighted by Crippen LogP contribution is 2.19. The third-order valence-corrected chi connectivity index (χ3v) is 3.51. The third-order valence-electron chi connectivity index (χ3n) is 3.03. The molecular formula is C13H15BrN2O2. The summed E-state index contributed by atoms with van der Waals surface area (Å²) in [6.45, 7) is 0.664. The van der Waals surface area contributed by atoms with Gasteiger partial charge in [0.2, 0.25) is 11.8 Å². The molecule has 0 radical (unpaired) electrons. The fraction of sp³-hybridized carbons (Fsp3) is 0.385. The molecule has 2 rings (SSSR count). The predicted octanol–water partition coefficient (Wildman–Crippen LogP) is 2.01. The largest absolute Gasteiger partial charge is 0.330 e. The highest BCUT2D eigenvalue weighted by Gasteiger charge is 2.33. The number of amides is 2. The second-order valence-electron chi connectivity index (χ2n) is 4.23. The molecule has 0 aliphatic carbocycles. The average Bonchev–Trinajstić information content (AvgIpc) is 2.88. The number of rotatable bonds is 3. The van der Waals surface area contributed by atoms with E-state index in [1.807, 2.05) is 30.3 Å². The number of carbonyl (C=O) groups is 2. The lowest BCUT2D eigenvalue weighted by Gasteiger charge is -2.23. The van der Waals surface area contributed by atoms with Crippen LogP contribution in [0.3, 0.4) is 0 Å². The lowest BCUT2D eigenvalue weighted by molar-refractivity contribution is -0.134. The zero-order chi connectivity index (χ0) is 13.0. The van der Waals surface area contributed by atoms with Crippen LogP contribution in [0, 0.1) is 0 Å². The van der Waals surface area contributed by atoms with Gasteiger partial charge in [-0.2, -0.15) is 0 Å². The van der Waals surface area contributed by atoms with E-state index in [2.05, 4.69) is 21.2 Å². The van der Waals surface area contributed by atoms with E-state index in [9.17, 15) is 9.59 Å². The number of hydrogen-bond acceptors (Lipinski definition) is 2. The van der Waals surface area contributed by atoms with Crippen LogP contribution in [0.1, 0.15) is 12.8 Å². The first kappa shape index (κ1) is 13.1. The Morgan fingerprint density at radius 2 is 2.06 bits per heavy atom. The van der Waals surface area contributed by atoms with Gasteiger partial charge in [0.15, 0.2) is 0 Å². The quantitative estimate of drug-likeness (QED) is 0.868. The standard InChI is InChI=1S/C13H15BrN2O2/c14-9-12(17)16-8-4-7-11(16)13(18)15-10-5-2-1-3-6-10/h1-3,5-6,11H,4,7-9H2,(H,15,18)/t11-/m0/s1. The molecule has 1 saturated heterocycles. The Balaban J connectivity index is 2.02. The molecule has 0 aromatic heterocycles. The van der Waals surface area contributed by atoms with Crippen molar-refractivity contribution < 1.29 is 9.59 Å². The fourth-order valence-corrected chi connectivity index (χ4v) is 2.48. The summed E-state index contributed by atoms with van der Waals surface area (Å²) in [6, 6.07) is 8.96. The Bertz CT molecular complexity index is 436. The molecule has 0 spiro atoms. The van der Waals surface area contributed by atoms with Crippen LogP contribution in [0.4, 0.5) is 5.69 Å². The molecule has 2 amide bonds. The van der Waals surface area contributed by atoms with Gasteiger partial charge in [-0.25, -0.2) is 0 Å². The Kier molecular flexibility index (Phi) is 4.36. The number of nitrogens with zero attached hydrogens (tertiary/aromatic N) is 1. The maximum atomic E-state index is 12.1. The summed E-state index contributed by atoms with van der Waals surface area (Å²) >= 11 is 3.15. The Morgan fingerprint density at radius 3 is 2.72 bits per heavy atom. The molecule has 1 aliphatic rings. The molecule has 0 saturated carbocycles. The second kappa shape index (κ2) is 6.00. The summed E-state index contributed by atoms with van der Waals surface area (Å²) in [5.41, 5.74) is 0.764. The molecular weight excluding hydrogens is 296 g/mol. The zero-order valence-corrected chi connectivity index (χ0v) is 11.5. The molecule has 1 aliphatic heterocycles. The second-order valence-corrected chi connectivity index (χ2v) is 4.79. The van der Waals surface area contributed by atoms with Crippen molar-refractivity contribution in [2.75, 3.05) is 17.2 Å². The van der Waals surface area contributed by atoms with Gasteiger partial charge < -0.3 is 10.2 Å². The first-order valence-electron chi connectivity index (χ1n) is 5.93. The average molecular weight is 311 g/mol. The van der Waals surface area contributed by atoms with Crippen LogP contribution in [-0.4, -0.2) is 34.6 Å². The smallest absolute Gasteiger partial charge is 0.247 e. The van der Waals surface area contributed by atoms with Crippen molar-refractivity contribution in [1.29, 1.82) is 0 Å². The van der Waals surface area contributed by atoms with Crippen molar-refractivity contribution in [2.45, 2.75) is 18.9 Å². The van der Waals surface area contributed by atoms with E-state index < -0.39 is 0 Å². The van der Waals surface area contributed by atoms with E-state index >= 15 is 0 Å². The van der Waals surface area contributed by atoms with Gasteiger partial charge in [-0.15, -0.1) is 0 Å². The lowest BCUT2D eigenvalue weighted by Crippen LogP contribution is -2.43.